The van der Waals surface area contributed by atoms with Gasteiger partial charge in [-0.3, -0.25) is 4.79 Å². The fourth-order valence-electron chi connectivity index (χ4n) is 2.34. The zero-order valence-electron chi connectivity index (χ0n) is 12.0. The molecule has 0 radical (unpaired) electrons. The lowest BCUT2D eigenvalue weighted by atomic mass is 10.0. The maximum absolute atomic E-state index is 12.5. The molecule has 0 fully saturated rings. The highest BCUT2D eigenvalue weighted by molar-refractivity contribution is 6.29. The summed E-state index contributed by atoms with van der Waals surface area (Å²) >= 11 is 5.89. The van der Waals surface area contributed by atoms with E-state index in [0.29, 0.717) is 16.5 Å². The minimum absolute atomic E-state index is 0.0570. The van der Waals surface area contributed by atoms with Crippen molar-refractivity contribution in [1.82, 2.24) is 19.9 Å². The highest BCUT2D eigenvalue weighted by Gasteiger charge is 2.18. The fraction of sp³-hybridized carbons (Fsp3) is 0.188. The van der Waals surface area contributed by atoms with E-state index in [-0.39, 0.29) is 11.9 Å². The Bertz CT molecular complexity index is 800. The Morgan fingerprint density at radius 3 is 2.77 bits per heavy atom. The van der Waals surface area contributed by atoms with Gasteiger partial charge in [-0.15, -0.1) is 0 Å². The first-order chi connectivity index (χ1) is 10.7. The largest absolute Gasteiger partial charge is 0.344 e. The fourth-order valence-corrected chi connectivity index (χ4v) is 2.48. The maximum atomic E-state index is 12.5. The highest BCUT2D eigenvalue weighted by atomic mass is 35.5. The first kappa shape index (κ1) is 14.5. The van der Waals surface area contributed by atoms with Gasteiger partial charge in [-0.05, 0) is 24.1 Å². The van der Waals surface area contributed by atoms with E-state index in [1.54, 1.807) is 12.1 Å². The summed E-state index contributed by atoms with van der Waals surface area (Å²) in [7, 11) is 0. The van der Waals surface area contributed by atoms with E-state index in [2.05, 4.69) is 15.4 Å². The van der Waals surface area contributed by atoms with Crippen LogP contribution in [0, 0.1) is 0 Å². The van der Waals surface area contributed by atoms with Gasteiger partial charge in [0.1, 0.15) is 5.15 Å². The summed E-state index contributed by atoms with van der Waals surface area (Å²) in [5.74, 6) is -0.224. The Balaban J connectivity index is 1.88. The zero-order valence-corrected chi connectivity index (χ0v) is 12.8. The second-order valence-corrected chi connectivity index (χ2v) is 5.30. The van der Waals surface area contributed by atoms with Crippen LogP contribution in [0.15, 0.2) is 48.7 Å². The van der Waals surface area contributed by atoms with E-state index in [9.17, 15) is 4.79 Å². The molecular weight excluding hydrogens is 300 g/mol. The van der Waals surface area contributed by atoms with Crippen LogP contribution in [0.3, 0.4) is 0 Å². The van der Waals surface area contributed by atoms with Gasteiger partial charge in [0, 0.05) is 0 Å². The van der Waals surface area contributed by atoms with Crippen molar-refractivity contribution in [3.63, 3.8) is 0 Å². The Morgan fingerprint density at radius 2 is 2.05 bits per heavy atom. The molecule has 1 atom stereocenters. The number of fused-ring (bicyclic) bond motifs is 1. The molecule has 1 unspecified atom stereocenters. The van der Waals surface area contributed by atoms with Crippen LogP contribution in [0.1, 0.15) is 35.4 Å². The third kappa shape index (κ3) is 2.80. The van der Waals surface area contributed by atoms with Gasteiger partial charge in [0.2, 0.25) is 0 Å². The number of carbonyl (C=O) groups excluding carboxylic acids is 1. The number of amides is 1. The van der Waals surface area contributed by atoms with E-state index in [4.69, 9.17) is 11.6 Å². The van der Waals surface area contributed by atoms with Gasteiger partial charge in [-0.2, -0.15) is 5.10 Å². The molecule has 0 aliphatic heterocycles. The van der Waals surface area contributed by atoms with Crippen LogP contribution < -0.4 is 5.32 Å². The van der Waals surface area contributed by atoms with E-state index >= 15 is 0 Å². The summed E-state index contributed by atoms with van der Waals surface area (Å²) in [6.07, 6.45) is 2.30. The Hall–Kier alpha value is -2.40. The number of imidazole rings is 1. The van der Waals surface area contributed by atoms with Crippen molar-refractivity contribution in [2.24, 2.45) is 0 Å². The normalized spacial score (nSPS) is 12.3. The van der Waals surface area contributed by atoms with Crippen LogP contribution >= 0.6 is 11.6 Å². The molecule has 0 saturated carbocycles. The summed E-state index contributed by atoms with van der Waals surface area (Å²) in [6, 6.07) is 13.2. The zero-order chi connectivity index (χ0) is 15.5. The van der Waals surface area contributed by atoms with Gasteiger partial charge < -0.3 is 5.32 Å². The smallest absolute Gasteiger partial charge is 0.272 e. The van der Waals surface area contributed by atoms with Gasteiger partial charge >= 0.3 is 0 Å². The van der Waals surface area contributed by atoms with Gasteiger partial charge in [0.05, 0.1) is 12.2 Å². The molecule has 5 nitrogen and oxygen atoms in total. The summed E-state index contributed by atoms with van der Waals surface area (Å²) in [6.45, 7) is 2.03. The number of benzene rings is 1. The molecule has 112 valence electrons. The van der Waals surface area contributed by atoms with Crippen LogP contribution in [0.25, 0.3) is 5.65 Å². The number of carbonyl (C=O) groups is 1. The van der Waals surface area contributed by atoms with Crippen molar-refractivity contribution in [2.75, 3.05) is 0 Å². The lowest BCUT2D eigenvalue weighted by molar-refractivity contribution is 0.0928. The predicted molar refractivity (Wildman–Crippen MR) is 84.9 cm³/mol. The van der Waals surface area contributed by atoms with Gasteiger partial charge in [0.15, 0.2) is 11.3 Å². The third-order valence-corrected chi connectivity index (χ3v) is 3.68. The number of rotatable bonds is 4. The summed E-state index contributed by atoms with van der Waals surface area (Å²) in [4.78, 5) is 16.7. The number of hydrogen-bond donors (Lipinski definition) is 1. The number of aromatic nitrogens is 3. The van der Waals surface area contributed by atoms with E-state index in [1.807, 2.05) is 37.3 Å². The average Bonchev–Trinajstić information content (AvgIpc) is 2.96. The van der Waals surface area contributed by atoms with Gasteiger partial charge in [-0.1, -0.05) is 48.9 Å². The van der Waals surface area contributed by atoms with Crippen molar-refractivity contribution in [3.05, 3.63) is 65.1 Å². The molecule has 2 aromatic heterocycles. The van der Waals surface area contributed by atoms with Gasteiger partial charge in [-0.25, -0.2) is 9.50 Å². The lowest BCUT2D eigenvalue weighted by Crippen LogP contribution is -2.29. The van der Waals surface area contributed by atoms with Crippen LogP contribution in [0.5, 0.6) is 0 Å². The minimum atomic E-state index is -0.224. The van der Waals surface area contributed by atoms with Crippen LogP contribution in [-0.4, -0.2) is 20.5 Å². The molecule has 22 heavy (non-hydrogen) atoms. The van der Waals surface area contributed by atoms with Crippen LogP contribution in [0.4, 0.5) is 0 Å². The second-order valence-electron chi connectivity index (χ2n) is 4.91. The lowest BCUT2D eigenvalue weighted by Gasteiger charge is -2.17. The Labute approximate surface area is 132 Å². The summed E-state index contributed by atoms with van der Waals surface area (Å²) in [5.41, 5.74) is 2.02. The van der Waals surface area contributed by atoms with Crippen molar-refractivity contribution < 1.29 is 4.79 Å². The molecule has 0 aliphatic rings. The maximum Gasteiger partial charge on any atom is 0.272 e. The molecule has 3 rings (SSSR count). The number of halogens is 1. The van der Waals surface area contributed by atoms with Crippen LogP contribution in [0.2, 0.25) is 5.15 Å². The Morgan fingerprint density at radius 1 is 1.27 bits per heavy atom. The molecule has 0 spiro atoms. The molecule has 3 aromatic rings. The Kier molecular flexibility index (Phi) is 4.06. The topological polar surface area (TPSA) is 59.3 Å². The number of hydrogen-bond acceptors (Lipinski definition) is 3. The van der Waals surface area contributed by atoms with Crippen LogP contribution in [-0.2, 0) is 0 Å². The number of nitrogens with zero attached hydrogens (tertiary/aromatic N) is 3. The van der Waals surface area contributed by atoms with Crippen molar-refractivity contribution in [1.29, 1.82) is 0 Å². The van der Waals surface area contributed by atoms with Crippen molar-refractivity contribution in [3.8, 4) is 0 Å². The summed E-state index contributed by atoms with van der Waals surface area (Å²) < 4.78 is 1.45. The highest BCUT2D eigenvalue weighted by Crippen LogP contribution is 2.17. The molecular formula is C16H15ClN4O. The predicted octanol–water partition coefficient (Wildman–Crippen LogP) is 3.26. The van der Waals surface area contributed by atoms with E-state index < -0.39 is 0 Å². The monoisotopic (exact) mass is 314 g/mol. The molecule has 0 saturated heterocycles. The first-order valence-corrected chi connectivity index (χ1v) is 7.43. The van der Waals surface area contributed by atoms with E-state index in [1.165, 1.54) is 10.7 Å². The minimum Gasteiger partial charge on any atom is -0.344 e. The van der Waals surface area contributed by atoms with Gasteiger partial charge in [0.25, 0.3) is 5.91 Å². The second kappa shape index (κ2) is 6.15. The first-order valence-electron chi connectivity index (χ1n) is 7.05. The molecule has 0 aliphatic carbocycles. The quantitative estimate of drug-likeness (QED) is 0.804. The average molecular weight is 315 g/mol. The molecule has 0 bridgehead atoms. The molecule has 2 heterocycles. The molecule has 1 aromatic carbocycles. The standard InChI is InChI=1S/C16H15ClN4O/c1-2-12(11-6-4-3-5-7-11)19-16(22)13-10-18-15-9-8-14(17)20-21(13)15/h3-10,12H,2H2,1H3,(H,19,22). The third-order valence-electron chi connectivity index (χ3n) is 3.48. The molecule has 1 amide bonds. The molecule has 1 N–H and O–H groups in total. The van der Waals surface area contributed by atoms with Crippen molar-refractivity contribution >= 4 is 23.2 Å². The number of nitrogens with one attached hydrogen (secondary N) is 1. The SMILES string of the molecule is CCC(NC(=O)c1cnc2ccc(Cl)nn12)c1ccccc1. The van der Waals surface area contributed by atoms with Crippen molar-refractivity contribution in [2.45, 2.75) is 19.4 Å². The van der Waals surface area contributed by atoms with E-state index in [0.717, 1.165) is 12.0 Å². The molecule has 6 heteroatoms. The summed E-state index contributed by atoms with van der Waals surface area (Å²) in [5, 5.41) is 7.45.